The van der Waals surface area contributed by atoms with E-state index in [4.69, 9.17) is 15.5 Å². The van der Waals surface area contributed by atoms with Crippen molar-refractivity contribution >= 4 is 22.6 Å². The van der Waals surface area contributed by atoms with E-state index in [9.17, 15) is 4.79 Å². The first-order chi connectivity index (χ1) is 19.2. The summed E-state index contributed by atoms with van der Waals surface area (Å²) >= 11 is 0. The van der Waals surface area contributed by atoms with Gasteiger partial charge >= 0.3 is 0 Å². The smallest absolute Gasteiger partial charge is 0.252 e. The van der Waals surface area contributed by atoms with Gasteiger partial charge in [-0.3, -0.25) is 14.9 Å². The summed E-state index contributed by atoms with van der Waals surface area (Å²) in [5.41, 5.74) is 11.6. The number of fused-ring (bicyclic) bond motifs is 1. The molecule has 0 atom stereocenters. The van der Waals surface area contributed by atoms with Crippen LogP contribution in [0.1, 0.15) is 15.9 Å². The quantitative estimate of drug-likeness (QED) is 0.224. The predicted molar refractivity (Wildman–Crippen MR) is 153 cm³/mol. The number of rotatable bonds is 7. The molecule has 6 aromatic rings. The summed E-state index contributed by atoms with van der Waals surface area (Å²) in [6, 6.07) is 34.6. The van der Waals surface area contributed by atoms with Gasteiger partial charge in [-0.15, -0.1) is 0 Å². The number of aromatic amines is 1. The van der Waals surface area contributed by atoms with Crippen LogP contribution in [0.15, 0.2) is 115 Å². The number of anilines is 1. The summed E-state index contributed by atoms with van der Waals surface area (Å²) in [4.78, 5) is 18.0. The number of pyridine rings is 1. The lowest BCUT2D eigenvalue weighted by molar-refractivity contribution is 0.0951. The molecule has 0 aliphatic rings. The Morgan fingerprint density at radius 1 is 0.795 bits per heavy atom. The Morgan fingerprint density at radius 2 is 1.46 bits per heavy atom. The molecule has 0 saturated heterocycles. The number of nitrogens with zero attached hydrogens (tertiary/aromatic N) is 2. The third-order valence-corrected chi connectivity index (χ3v) is 6.49. The van der Waals surface area contributed by atoms with Crippen LogP contribution in [-0.4, -0.2) is 21.1 Å². The molecule has 0 radical (unpaired) electrons. The number of carbonyl (C=O) groups excluding carboxylic acids is 1. The van der Waals surface area contributed by atoms with Crippen LogP contribution in [0.3, 0.4) is 0 Å². The topological polar surface area (TPSA) is 106 Å². The lowest BCUT2D eigenvalue weighted by atomic mass is 9.97. The number of para-hydroxylation sites is 1. The van der Waals surface area contributed by atoms with E-state index >= 15 is 0 Å². The molecule has 7 heteroatoms. The van der Waals surface area contributed by atoms with Gasteiger partial charge < -0.3 is 15.8 Å². The van der Waals surface area contributed by atoms with Crippen LogP contribution in [0.2, 0.25) is 0 Å². The first-order valence-electron chi connectivity index (χ1n) is 12.5. The van der Waals surface area contributed by atoms with Crippen molar-refractivity contribution in [3.8, 4) is 33.9 Å². The van der Waals surface area contributed by atoms with Gasteiger partial charge in [-0.05, 0) is 53.6 Å². The first-order valence-corrected chi connectivity index (χ1v) is 12.5. The van der Waals surface area contributed by atoms with Crippen LogP contribution in [0.5, 0.6) is 11.5 Å². The fourth-order valence-corrected chi connectivity index (χ4v) is 4.57. The number of amides is 1. The number of nitrogen functional groups attached to an aromatic ring is 1. The number of H-pyrrole nitrogens is 1. The van der Waals surface area contributed by atoms with E-state index in [0.717, 1.165) is 28.0 Å². The molecule has 6 rings (SSSR count). The van der Waals surface area contributed by atoms with Crippen LogP contribution in [0, 0.1) is 0 Å². The highest BCUT2D eigenvalue weighted by Crippen LogP contribution is 2.37. The zero-order chi connectivity index (χ0) is 26.6. The minimum absolute atomic E-state index is 0.173. The fourth-order valence-electron chi connectivity index (χ4n) is 4.57. The van der Waals surface area contributed by atoms with E-state index in [2.05, 4.69) is 15.5 Å². The van der Waals surface area contributed by atoms with Crippen molar-refractivity contribution in [2.75, 3.05) is 5.73 Å². The molecule has 4 N–H and O–H groups in total. The molecule has 0 fully saturated rings. The van der Waals surface area contributed by atoms with Gasteiger partial charge in [-0.1, -0.05) is 66.7 Å². The summed E-state index contributed by atoms with van der Waals surface area (Å²) in [5.74, 6) is 1.65. The lowest BCUT2D eigenvalue weighted by Crippen LogP contribution is -2.23. The van der Waals surface area contributed by atoms with Gasteiger partial charge in [0.2, 0.25) is 0 Å². The normalized spacial score (nSPS) is 10.9. The van der Waals surface area contributed by atoms with Gasteiger partial charge in [0.1, 0.15) is 11.5 Å². The number of ether oxygens (including phenoxy) is 1. The van der Waals surface area contributed by atoms with Crippen molar-refractivity contribution in [1.29, 1.82) is 0 Å². The molecule has 0 aliphatic carbocycles. The molecule has 1 amide bonds. The summed E-state index contributed by atoms with van der Waals surface area (Å²) in [7, 11) is 0. The monoisotopic (exact) mass is 511 g/mol. The van der Waals surface area contributed by atoms with E-state index < -0.39 is 0 Å². The molecule has 190 valence electrons. The van der Waals surface area contributed by atoms with Crippen molar-refractivity contribution in [2.24, 2.45) is 0 Å². The van der Waals surface area contributed by atoms with Gasteiger partial charge in [-0.2, -0.15) is 5.10 Å². The maximum Gasteiger partial charge on any atom is 0.252 e. The number of nitrogens with two attached hydrogens (primary N) is 1. The van der Waals surface area contributed by atoms with Crippen LogP contribution in [0.25, 0.3) is 33.3 Å². The van der Waals surface area contributed by atoms with Gasteiger partial charge in [0.15, 0.2) is 5.82 Å². The Kier molecular flexibility index (Phi) is 6.45. The third-order valence-electron chi connectivity index (χ3n) is 6.49. The second kappa shape index (κ2) is 10.5. The molecule has 0 saturated carbocycles. The Morgan fingerprint density at radius 3 is 2.23 bits per heavy atom. The van der Waals surface area contributed by atoms with Crippen molar-refractivity contribution in [3.63, 3.8) is 0 Å². The molecular formula is C32H25N5O2. The van der Waals surface area contributed by atoms with Crippen molar-refractivity contribution < 1.29 is 9.53 Å². The summed E-state index contributed by atoms with van der Waals surface area (Å²) in [6.45, 7) is 0.432. The Hall–Kier alpha value is -5.43. The highest BCUT2D eigenvalue weighted by molar-refractivity contribution is 6.09. The average Bonchev–Trinajstić information content (AvgIpc) is 3.38. The van der Waals surface area contributed by atoms with E-state index in [1.807, 2.05) is 103 Å². The number of hydrogen-bond donors (Lipinski definition) is 3. The zero-order valence-electron chi connectivity index (χ0n) is 21.0. The maximum atomic E-state index is 13.2. The summed E-state index contributed by atoms with van der Waals surface area (Å²) in [6.07, 6.45) is 1.76. The van der Waals surface area contributed by atoms with Gasteiger partial charge in [0, 0.05) is 29.4 Å². The molecule has 2 heterocycles. The molecule has 4 aromatic carbocycles. The van der Waals surface area contributed by atoms with E-state index in [1.54, 1.807) is 12.3 Å². The van der Waals surface area contributed by atoms with Gasteiger partial charge in [0.05, 0.1) is 16.6 Å². The van der Waals surface area contributed by atoms with Crippen LogP contribution in [0.4, 0.5) is 5.82 Å². The molecule has 0 spiro atoms. The van der Waals surface area contributed by atoms with Gasteiger partial charge in [0.25, 0.3) is 5.91 Å². The standard InChI is InChI=1S/C32H25N5O2/c33-31-28-29(22-15-17-24(18-16-22)39-23-11-5-2-6-12-23)34-20-27(30(28)36-37-31)25-13-7-8-14-26(25)32(38)35-19-21-9-3-1-4-10-21/h1-18,20H,19H2,(H,35,38)(H3,33,36,37). The third kappa shape index (κ3) is 4.93. The van der Waals surface area contributed by atoms with E-state index in [1.165, 1.54) is 0 Å². The molecule has 2 aromatic heterocycles. The number of carbonyl (C=O) groups is 1. The minimum atomic E-state index is -0.173. The Labute approximate surface area is 225 Å². The molecule has 39 heavy (non-hydrogen) atoms. The molecular weight excluding hydrogens is 486 g/mol. The molecule has 0 bridgehead atoms. The Balaban J connectivity index is 1.33. The summed E-state index contributed by atoms with van der Waals surface area (Å²) < 4.78 is 5.92. The number of nitrogens with one attached hydrogen (secondary N) is 2. The van der Waals surface area contributed by atoms with Crippen molar-refractivity contribution in [2.45, 2.75) is 6.54 Å². The van der Waals surface area contributed by atoms with E-state index in [-0.39, 0.29) is 5.91 Å². The lowest BCUT2D eigenvalue weighted by Gasteiger charge is -2.13. The SMILES string of the molecule is Nc1n[nH]c2c(-c3ccccc3C(=O)NCc3ccccc3)cnc(-c3ccc(Oc4ccccc4)cc3)c12. The minimum Gasteiger partial charge on any atom is -0.457 e. The molecule has 0 aliphatic heterocycles. The summed E-state index contributed by atoms with van der Waals surface area (Å²) in [5, 5.41) is 11.1. The highest BCUT2D eigenvalue weighted by Gasteiger charge is 2.20. The van der Waals surface area contributed by atoms with Crippen molar-refractivity contribution in [1.82, 2.24) is 20.5 Å². The zero-order valence-corrected chi connectivity index (χ0v) is 21.0. The van der Waals surface area contributed by atoms with Crippen LogP contribution in [-0.2, 0) is 6.54 Å². The van der Waals surface area contributed by atoms with Gasteiger partial charge in [-0.25, -0.2) is 0 Å². The van der Waals surface area contributed by atoms with Crippen LogP contribution < -0.4 is 15.8 Å². The fraction of sp³-hybridized carbons (Fsp3) is 0.0312. The number of hydrogen-bond acceptors (Lipinski definition) is 5. The molecule has 0 unspecified atom stereocenters. The van der Waals surface area contributed by atoms with E-state index in [0.29, 0.717) is 40.3 Å². The van der Waals surface area contributed by atoms with Crippen LogP contribution >= 0.6 is 0 Å². The number of aromatic nitrogens is 3. The second-order valence-corrected chi connectivity index (χ2v) is 9.03. The first kappa shape index (κ1) is 23.9. The van der Waals surface area contributed by atoms with Crippen molar-refractivity contribution in [3.05, 3.63) is 127 Å². The average molecular weight is 512 g/mol. The highest BCUT2D eigenvalue weighted by atomic mass is 16.5. The second-order valence-electron chi connectivity index (χ2n) is 9.03. The maximum absolute atomic E-state index is 13.2. The molecule has 7 nitrogen and oxygen atoms in total. The number of benzene rings is 4. The Bertz CT molecular complexity index is 1750. The predicted octanol–water partition coefficient (Wildman–Crippen LogP) is 6.60. The largest absolute Gasteiger partial charge is 0.457 e.